The number of hydrogen-bond donors (Lipinski definition) is 1. The minimum absolute atomic E-state index is 0.368. The van der Waals surface area contributed by atoms with Crippen molar-refractivity contribution in [1.29, 1.82) is 0 Å². The van der Waals surface area contributed by atoms with E-state index in [2.05, 4.69) is 9.88 Å². The summed E-state index contributed by atoms with van der Waals surface area (Å²) < 4.78 is 37.3. The van der Waals surface area contributed by atoms with Crippen molar-refractivity contribution < 1.29 is 18.3 Å². The lowest BCUT2D eigenvalue weighted by molar-refractivity contribution is -0.223. The first-order chi connectivity index (χ1) is 9.36. The van der Waals surface area contributed by atoms with Gasteiger partial charge in [-0.3, -0.25) is 9.88 Å². The second-order valence-electron chi connectivity index (χ2n) is 5.43. The van der Waals surface area contributed by atoms with Crippen molar-refractivity contribution in [2.75, 3.05) is 13.1 Å². The van der Waals surface area contributed by atoms with Crippen LogP contribution in [0.25, 0.3) is 0 Å². The van der Waals surface area contributed by atoms with Gasteiger partial charge in [0.05, 0.1) is 5.69 Å². The van der Waals surface area contributed by atoms with Gasteiger partial charge in [0.2, 0.25) is 0 Å². The number of hydrogen-bond acceptors (Lipinski definition) is 3. The lowest BCUT2D eigenvalue weighted by Crippen LogP contribution is -2.43. The van der Waals surface area contributed by atoms with Crippen molar-refractivity contribution in [3.63, 3.8) is 0 Å². The van der Waals surface area contributed by atoms with Crippen molar-refractivity contribution >= 4 is 0 Å². The van der Waals surface area contributed by atoms with Gasteiger partial charge in [0.15, 0.2) is 6.10 Å². The van der Waals surface area contributed by atoms with Crippen molar-refractivity contribution in [3.8, 4) is 0 Å². The topological polar surface area (TPSA) is 36.4 Å². The summed E-state index contributed by atoms with van der Waals surface area (Å²) in [4.78, 5) is 6.38. The van der Waals surface area contributed by atoms with Crippen molar-refractivity contribution in [1.82, 2.24) is 9.88 Å². The fourth-order valence-electron chi connectivity index (χ4n) is 2.52. The quantitative estimate of drug-likeness (QED) is 0.928. The first kappa shape index (κ1) is 15.3. The number of alkyl halides is 3. The van der Waals surface area contributed by atoms with Crippen LogP contribution < -0.4 is 0 Å². The summed E-state index contributed by atoms with van der Waals surface area (Å²) in [6, 6.07) is 3.91. The summed E-state index contributed by atoms with van der Waals surface area (Å²) >= 11 is 0. The number of rotatable bonds is 3. The first-order valence-electron chi connectivity index (χ1n) is 6.75. The molecule has 0 saturated carbocycles. The van der Waals surface area contributed by atoms with Gasteiger partial charge in [0.25, 0.3) is 0 Å². The summed E-state index contributed by atoms with van der Waals surface area (Å²) in [5.41, 5.74) is 2.01. The minimum atomic E-state index is -4.51. The predicted molar refractivity (Wildman–Crippen MR) is 69.0 cm³/mol. The van der Waals surface area contributed by atoms with E-state index < -0.39 is 18.2 Å². The molecule has 6 heteroatoms. The van der Waals surface area contributed by atoms with Crippen LogP contribution in [0.4, 0.5) is 13.2 Å². The maximum absolute atomic E-state index is 12.4. The standard InChI is InChI=1S/C14H19F3N2O/c1-10-2-3-12(18-8-10)9-19-6-4-11(5-7-19)13(20)14(15,16)17/h2-3,8,11,13,20H,4-7,9H2,1H3. The Balaban J connectivity index is 1.84. The van der Waals surface area contributed by atoms with Gasteiger partial charge >= 0.3 is 6.18 Å². The molecule has 0 amide bonds. The highest BCUT2D eigenvalue weighted by Crippen LogP contribution is 2.31. The Labute approximate surface area is 116 Å². The number of likely N-dealkylation sites (tertiary alicyclic amines) is 1. The average molecular weight is 288 g/mol. The van der Waals surface area contributed by atoms with Gasteiger partial charge in [0, 0.05) is 12.7 Å². The predicted octanol–water partition coefficient (Wildman–Crippen LogP) is 2.53. The number of aryl methyl sites for hydroxylation is 1. The number of piperidine rings is 1. The number of pyridine rings is 1. The zero-order chi connectivity index (χ0) is 14.8. The zero-order valence-corrected chi connectivity index (χ0v) is 11.4. The molecular formula is C14H19F3N2O. The second kappa shape index (κ2) is 6.10. The normalized spacial score (nSPS) is 20.1. The van der Waals surface area contributed by atoms with Crippen LogP contribution in [-0.2, 0) is 6.54 Å². The summed E-state index contributed by atoms with van der Waals surface area (Å²) in [7, 11) is 0. The van der Waals surface area contributed by atoms with Crippen molar-refractivity contribution in [2.24, 2.45) is 5.92 Å². The lowest BCUT2D eigenvalue weighted by Gasteiger charge is -2.34. The Morgan fingerprint density at radius 2 is 2.00 bits per heavy atom. The van der Waals surface area contributed by atoms with E-state index in [1.165, 1.54) is 0 Å². The summed E-state index contributed by atoms with van der Waals surface area (Å²) in [6.07, 6.45) is -4.18. The van der Waals surface area contributed by atoms with E-state index >= 15 is 0 Å². The smallest absolute Gasteiger partial charge is 0.383 e. The molecule has 1 aromatic rings. The third kappa shape index (κ3) is 3.93. The number of halogens is 3. The molecular weight excluding hydrogens is 269 g/mol. The van der Waals surface area contributed by atoms with Gasteiger partial charge in [-0.1, -0.05) is 6.07 Å². The molecule has 1 saturated heterocycles. The van der Waals surface area contributed by atoms with Crippen LogP contribution in [0.5, 0.6) is 0 Å². The van der Waals surface area contributed by atoms with E-state index in [4.69, 9.17) is 0 Å². The monoisotopic (exact) mass is 288 g/mol. The maximum Gasteiger partial charge on any atom is 0.414 e. The van der Waals surface area contributed by atoms with Crippen LogP contribution in [0.1, 0.15) is 24.1 Å². The molecule has 1 aromatic heterocycles. The van der Waals surface area contributed by atoms with Crippen LogP contribution in [0.2, 0.25) is 0 Å². The number of aliphatic hydroxyl groups is 1. The van der Waals surface area contributed by atoms with E-state index in [-0.39, 0.29) is 0 Å². The van der Waals surface area contributed by atoms with Crippen LogP contribution in [0.15, 0.2) is 18.3 Å². The zero-order valence-electron chi connectivity index (χ0n) is 11.4. The molecule has 1 unspecified atom stereocenters. The van der Waals surface area contributed by atoms with Crippen LogP contribution in [0.3, 0.4) is 0 Å². The van der Waals surface area contributed by atoms with Crippen LogP contribution in [-0.4, -0.2) is 40.4 Å². The SMILES string of the molecule is Cc1ccc(CN2CCC(C(O)C(F)(F)F)CC2)nc1. The van der Waals surface area contributed by atoms with E-state index in [1.807, 2.05) is 19.1 Å². The Morgan fingerprint density at radius 3 is 2.50 bits per heavy atom. The van der Waals surface area contributed by atoms with E-state index in [9.17, 15) is 18.3 Å². The molecule has 20 heavy (non-hydrogen) atoms. The first-order valence-corrected chi connectivity index (χ1v) is 6.75. The fraction of sp³-hybridized carbons (Fsp3) is 0.643. The van der Waals surface area contributed by atoms with Gasteiger partial charge < -0.3 is 5.11 Å². The Morgan fingerprint density at radius 1 is 1.35 bits per heavy atom. The van der Waals surface area contributed by atoms with Gasteiger partial charge in [-0.25, -0.2) is 0 Å². The summed E-state index contributed by atoms with van der Waals surface area (Å²) in [6.45, 7) is 3.73. The fourth-order valence-corrected chi connectivity index (χ4v) is 2.52. The van der Waals surface area contributed by atoms with Crippen molar-refractivity contribution in [2.45, 2.75) is 38.6 Å². The Bertz CT molecular complexity index is 425. The highest BCUT2D eigenvalue weighted by atomic mass is 19.4. The molecule has 1 aliphatic heterocycles. The van der Waals surface area contributed by atoms with E-state index in [0.717, 1.165) is 11.3 Å². The molecule has 0 aliphatic carbocycles. The Hall–Kier alpha value is -1.14. The molecule has 2 rings (SSSR count). The molecule has 2 heterocycles. The number of aromatic nitrogens is 1. The summed E-state index contributed by atoms with van der Waals surface area (Å²) in [5.74, 6) is -0.683. The maximum atomic E-state index is 12.4. The minimum Gasteiger partial charge on any atom is -0.383 e. The highest BCUT2D eigenvalue weighted by molar-refractivity contribution is 5.12. The third-order valence-corrected chi connectivity index (χ3v) is 3.77. The van der Waals surface area contributed by atoms with E-state index in [1.54, 1.807) is 6.20 Å². The molecule has 0 bridgehead atoms. The van der Waals surface area contributed by atoms with Crippen molar-refractivity contribution in [3.05, 3.63) is 29.6 Å². The molecule has 0 aromatic carbocycles. The van der Waals surface area contributed by atoms with Gasteiger partial charge in [-0.2, -0.15) is 13.2 Å². The lowest BCUT2D eigenvalue weighted by atomic mass is 9.91. The number of nitrogens with zero attached hydrogens (tertiary/aromatic N) is 2. The molecule has 3 nitrogen and oxygen atoms in total. The molecule has 1 fully saturated rings. The van der Waals surface area contributed by atoms with Gasteiger partial charge in [0.1, 0.15) is 0 Å². The summed E-state index contributed by atoms with van der Waals surface area (Å²) in [5, 5.41) is 9.26. The van der Waals surface area contributed by atoms with E-state index in [0.29, 0.717) is 32.5 Å². The van der Waals surface area contributed by atoms with Gasteiger partial charge in [-0.15, -0.1) is 0 Å². The molecule has 1 atom stereocenters. The van der Waals surface area contributed by atoms with Crippen LogP contribution in [0, 0.1) is 12.8 Å². The second-order valence-corrected chi connectivity index (χ2v) is 5.43. The Kier molecular flexibility index (Phi) is 4.65. The molecule has 1 N–H and O–H groups in total. The largest absolute Gasteiger partial charge is 0.414 e. The van der Waals surface area contributed by atoms with Crippen LogP contribution >= 0.6 is 0 Å². The molecule has 0 spiro atoms. The average Bonchev–Trinajstić information content (AvgIpc) is 2.40. The highest BCUT2D eigenvalue weighted by Gasteiger charge is 2.44. The molecule has 0 radical (unpaired) electrons. The third-order valence-electron chi connectivity index (χ3n) is 3.77. The molecule has 112 valence electrons. The number of aliphatic hydroxyl groups excluding tert-OH is 1. The van der Waals surface area contributed by atoms with Gasteiger partial charge in [-0.05, 0) is 50.4 Å². The molecule has 1 aliphatic rings.